The van der Waals surface area contributed by atoms with Gasteiger partial charge in [0.25, 0.3) is 0 Å². The zero-order chi connectivity index (χ0) is 21.7. The molecule has 3 aromatic rings. The van der Waals surface area contributed by atoms with Crippen molar-refractivity contribution in [2.75, 3.05) is 48.1 Å². The molecule has 1 aromatic heterocycles. The molecule has 0 radical (unpaired) electrons. The second-order valence-corrected chi connectivity index (χ2v) is 10.7. The molecule has 1 N–H and O–H groups in total. The summed E-state index contributed by atoms with van der Waals surface area (Å²) in [6.07, 6.45) is 2.51. The van der Waals surface area contributed by atoms with Gasteiger partial charge in [-0.15, -0.1) is 0 Å². The average Bonchev–Trinajstić information content (AvgIpc) is 3.22. The molecule has 6 nitrogen and oxygen atoms in total. The Bertz CT molecular complexity index is 1090. The SMILES string of the molecule is CCCCS(=O)(=O)Nc1ccc(CCN2CCN(c3nsc4ccccc34)CC2)cc1. The fourth-order valence-electron chi connectivity index (χ4n) is 3.88. The molecule has 1 aliphatic rings. The normalized spacial score (nSPS) is 15.5. The molecule has 0 aliphatic carbocycles. The lowest BCUT2D eigenvalue weighted by Crippen LogP contribution is -2.47. The number of hydrogen-bond acceptors (Lipinski definition) is 6. The number of anilines is 2. The van der Waals surface area contributed by atoms with Crippen LogP contribution in [-0.2, 0) is 16.4 Å². The van der Waals surface area contributed by atoms with Crippen molar-refractivity contribution < 1.29 is 8.42 Å². The van der Waals surface area contributed by atoms with Gasteiger partial charge in [-0.3, -0.25) is 9.62 Å². The maximum absolute atomic E-state index is 12.0. The molecule has 1 saturated heterocycles. The third kappa shape index (κ3) is 5.75. The molecule has 2 aromatic carbocycles. The summed E-state index contributed by atoms with van der Waals surface area (Å²) in [5.74, 6) is 1.30. The Morgan fingerprint density at radius 2 is 1.77 bits per heavy atom. The van der Waals surface area contributed by atoms with Gasteiger partial charge in [0, 0.05) is 43.8 Å². The maximum Gasteiger partial charge on any atom is 0.232 e. The lowest BCUT2D eigenvalue weighted by molar-refractivity contribution is 0.261. The van der Waals surface area contributed by atoms with E-state index in [4.69, 9.17) is 0 Å². The molecular formula is C23H30N4O2S2. The van der Waals surface area contributed by atoms with E-state index in [2.05, 4.69) is 43.2 Å². The molecule has 1 aliphatic heterocycles. The van der Waals surface area contributed by atoms with Gasteiger partial charge in [0.2, 0.25) is 10.0 Å². The van der Waals surface area contributed by atoms with Crippen molar-refractivity contribution in [3.8, 4) is 0 Å². The van der Waals surface area contributed by atoms with E-state index in [9.17, 15) is 8.42 Å². The third-order valence-electron chi connectivity index (χ3n) is 5.74. The molecule has 0 bridgehead atoms. The number of piperazine rings is 1. The van der Waals surface area contributed by atoms with Crippen LogP contribution in [0.5, 0.6) is 0 Å². The summed E-state index contributed by atoms with van der Waals surface area (Å²) in [7, 11) is -3.24. The van der Waals surface area contributed by atoms with Crippen LogP contribution in [0.1, 0.15) is 25.3 Å². The molecule has 0 unspecified atom stereocenters. The van der Waals surface area contributed by atoms with E-state index in [-0.39, 0.29) is 5.75 Å². The monoisotopic (exact) mass is 458 g/mol. The van der Waals surface area contributed by atoms with Crippen molar-refractivity contribution in [1.82, 2.24) is 9.27 Å². The average molecular weight is 459 g/mol. The number of nitrogens with zero attached hydrogens (tertiary/aromatic N) is 3. The first-order chi connectivity index (χ1) is 15.0. The molecular weight excluding hydrogens is 428 g/mol. The number of rotatable bonds is 9. The van der Waals surface area contributed by atoms with Crippen LogP contribution in [-0.4, -0.2) is 56.2 Å². The highest BCUT2D eigenvalue weighted by atomic mass is 32.2. The van der Waals surface area contributed by atoms with Gasteiger partial charge in [0.1, 0.15) is 5.82 Å². The summed E-state index contributed by atoms with van der Waals surface area (Å²) in [5, 5.41) is 1.26. The van der Waals surface area contributed by atoms with Crippen molar-refractivity contribution in [2.45, 2.75) is 26.2 Å². The highest BCUT2D eigenvalue weighted by Crippen LogP contribution is 2.29. The molecule has 8 heteroatoms. The number of hydrogen-bond donors (Lipinski definition) is 1. The standard InChI is InChI=1S/C23H30N4O2S2/c1-2-3-18-31(28,29)25-20-10-8-19(9-11-20)12-13-26-14-16-27(17-15-26)23-21-6-4-5-7-22(21)30-24-23/h4-11,25H,2-3,12-18H2,1H3. The lowest BCUT2D eigenvalue weighted by Gasteiger charge is -2.35. The summed E-state index contributed by atoms with van der Waals surface area (Å²) in [5.41, 5.74) is 1.87. The Kier molecular flexibility index (Phi) is 7.09. The largest absolute Gasteiger partial charge is 0.353 e. The van der Waals surface area contributed by atoms with E-state index < -0.39 is 10.0 Å². The zero-order valence-corrected chi connectivity index (χ0v) is 19.6. The Hall–Kier alpha value is -2.16. The summed E-state index contributed by atoms with van der Waals surface area (Å²) in [6, 6.07) is 16.2. The van der Waals surface area contributed by atoms with Gasteiger partial charge in [-0.05, 0) is 54.2 Å². The van der Waals surface area contributed by atoms with Gasteiger partial charge in [-0.1, -0.05) is 37.6 Å². The Labute approximate surface area is 189 Å². The quantitative estimate of drug-likeness (QED) is 0.521. The van der Waals surface area contributed by atoms with Crippen molar-refractivity contribution in [1.29, 1.82) is 0 Å². The van der Waals surface area contributed by atoms with E-state index in [1.54, 1.807) is 11.5 Å². The van der Waals surface area contributed by atoms with Crippen LogP contribution in [0.2, 0.25) is 0 Å². The molecule has 4 rings (SSSR count). The lowest BCUT2D eigenvalue weighted by atomic mass is 10.1. The minimum absolute atomic E-state index is 0.175. The Balaban J connectivity index is 1.25. The molecule has 0 saturated carbocycles. The first kappa shape index (κ1) is 22.0. The first-order valence-corrected chi connectivity index (χ1v) is 13.4. The second-order valence-electron chi connectivity index (χ2n) is 8.05. The predicted octanol–water partition coefficient (Wildman–Crippen LogP) is 4.20. The molecule has 2 heterocycles. The number of aromatic nitrogens is 1. The second kappa shape index (κ2) is 9.97. The van der Waals surface area contributed by atoms with Gasteiger partial charge in [-0.2, -0.15) is 4.37 Å². The smallest absolute Gasteiger partial charge is 0.232 e. The highest BCUT2D eigenvalue weighted by Gasteiger charge is 2.20. The van der Waals surface area contributed by atoms with Crippen LogP contribution in [0.15, 0.2) is 48.5 Å². The number of nitrogens with one attached hydrogen (secondary N) is 1. The van der Waals surface area contributed by atoms with Gasteiger partial charge in [-0.25, -0.2) is 8.42 Å². The summed E-state index contributed by atoms with van der Waals surface area (Å²) in [4.78, 5) is 4.89. The van der Waals surface area contributed by atoms with Crippen molar-refractivity contribution in [2.24, 2.45) is 0 Å². The minimum atomic E-state index is -3.24. The van der Waals surface area contributed by atoms with E-state index in [1.807, 2.05) is 31.2 Å². The summed E-state index contributed by atoms with van der Waals surface area (Å²) in [6.45, 7) is 7.04. The summed E-state index contributed by atoms with van der Waals surface area (Å²) < 4.78 is 32.7. The van der Waals surface area contributed by atoms with E-state index in [0.29, 0.717) is 12.1 Å². The van der Waals surface area contributed by atoms with Gasteiger partial charge >= 0.3 is 0 Å². The van der Waals surface area contributed by atoms with Crippen LogP contribution >= 0.6 is 11.5 Å². The molecule has 0 spiro atoms. The molecule has 166 valence electrons. The van der Waals surface area contributed by atoms with E-state index in [1.165, 1.54) is 15.6 Å². The van der Waals surface area contributed by atoms with Gasteiger partial charge in [0.15, 0.2) is 0 Å². The first-order valence-electron chi connectivity index (χ1n) is 11.0. The van der Waals surface area contributed by atoms with Crippen molar-refractivity contribution >= 4 is 43.1 Å². The molecule has 1 fully saturated rings. The fraction of sp³-hybridized carbons (Fsp3) is 0.435. The Morgan fingerprint density at radius 3 is 2.52 bits per heavy atom. The van der Waals surface area contributed by atoms with Crippen LogP contribution < -0.4 is 9.62 Å². The van der Waals surface area contributed by atoms with Crippen molar-refractivity contribution in [3.63, 3.8) is 0 Å². The van der Waals surface area contributed by atoms with Gasteiger partial charge < -0.3 is 4.90 Å². The van der Waals surface area contributed by atoms with Crippen LogP contribution in [0.3, 0.4) is 0 Å². The number of fused-ring (bicyclic) bond motifs is 1. The van der Waals surface area contributed by atoms with E-state index in [0.717, 1.165) is 51.4 Å². The predicted molar refractivity (Wildman–Crippen MR) is 131 cm³/mol. The number of unbranched alkanes of at least 4 members (excludes halogenated alkanes) is 1. The maximum atomic E-state index is 12.0. The summed E-state index contributed by atoms with van der Waals surface area (Å²) >= 11 is 1.58. The molecule has 0 atom stereocenters. The van der Waals surface area contributed by atoms with Crippen LogP contribution in [0.25, 0.3) is 10.1 Å². The minimum Gasteiger partial charge on any atom is -0.353 e. The number of benzene rings is 2. The van der Waals surface area contributed by atoms with Crippen LogP contribution in [0, 0.1) is 0 Å². The Morgan fingerprint density at radius 1 is 1.03 bits per heavy atom. The van der Waals surface area contributed by atoms with Crippen LogP contribution in [0.4, 0.5) is 11.5 Å². The van der Waals surface area contributed by atoms with Gasteiger partial charge in [0.05, 0.1) is 10.5 Å². The van der Waals surface area contributed by atoms with Crippen molar-refractivity contribution in [3.05, 3.63) is 54.1 Å². The zero-order valence-electron chi connectivity index (χ0n) is 18.0. The fourth-order valence-corrected chi connectivity index (χ4v) is 5.94. The van der Waals surface area contributed by atoms with E-state index >= 15 is 0 Å². The third-order valence-corrected chi connectivity index (χ3v) is 7.93. The molecule has 31 heavy (non-hydrogen) atoms. The topological polar surface area (TPSA) is 65.5 Å². The molecule has 0 amide bonds. The number of sulfonamides is 1. The highest BCUT2D eigenvalue weighted by molar-refractivity contribution is 7.92.